The van der Waals surface area contributed by atoms with E-state index in [2.05, 4.69) is 9.97 Å². The Balaban J connectivity index is 2.82. The van der Waals surface area contributed by atoms with Crippen molar-refractivity contribution >= 4 is 46.1 Å². The molecule has 0 aliphatic heterocycles. The second-order valence-corrected chi connectivity index (χ2v) is 5.17. The molecule has 0 unspecified atom stereocenters. The van der Waals surface area contributed by atoms with E-state index < -0.39 is 60.6 Å². The zero-order valence-electron chi connectivity index (χ0n) is 11.8. The molecule has 0 bridgehead atoms. The molecule has 15 heteroatoms. The highest BCUT2D eigenvalue weighted by Crippen LogP contribution is 2.48. The van der Waals surface area contributed by atoms with E-state index in [1.807, 2.05) is 5.32 Å². The SMILES string of the molecule is O=[N+]([O-])c1cc(C(F)(F)F)c(Cl)c([N+](=O)[O-])c1Nc1nc(Cl)ncc1F. The zero-order valence-corrected chi connectivity index (χ0v) is 13.4. The maximum atomic E-state index is 13.7. The van der Waals surface area contributed by atoms with Gasteiger partial charge < -0.3 is 5.32 Å². The predicted molar refractivity (Wildman–Crippen MR) is 80.0 cm³/mol. The lowest BCUT2D eigenvalue weighted by Crippen LogP contribution is -2.11. The number of hydrogen-bond acceptors (Lipinski definition) is 7. The molecule has 0 atom stereocenters. The van der Waals surface area contributed by atoms with Crippen molar-refractivity contribution in [3.8, 4) is 0 Å². The van der Waals surface area contributed by atoms with Crippen molar-refractivity contribution in [3.05, 3.63) is 54.2 Å². The number of rotatable bonds is 4. The lowest BCUT2D eigenvalue weighted by molar-refractivity contribution is -0.392. The zero-order chi connectivity index (χ0) is 19.8. The molecule has 138 valence electrons. The second-order valence-electron chi connectivity index (χ2n) is 4.45. The monoisotopic (exact) mass is 415 g/mol. The number of anilines is 2. The van der Waals surface area contributed by atoms with Crippen LogP contribution in [0.2, 0.25) is 10.3 Å². The normalized spacial score (nSPS) is 11.3. The second kappa shape index (κ2) is 6.84. The van der Waals surface area contributed by atoms with Crippen molar-refractivity contribution in [2.45, 2.75) is 6.18 Å². The Labute approximate surface area is 149 Å². The summed E-state index contributed by atoms with van der Waals surface area (Å²) in [6, 6.07) is -0.0155. The van der Waals surface area contributed by atoms with E-state index in [4.69, 9.17) is 23.2 Å². The van der Waals surface area contributed by atoms with Crippen LogP contribution in [0, 0.1) is 26.0 Å². The number of nitrogens with zero attached hydrogens (tertiary/aromatic N) is 4. The Morgan fingerprint density at radius 2 is 1.77 bits per heavy atom. The van der Waals surface area contributed by atoms with E-state index >= 15 is 0 Å². The van der Waals surface area contributed by atoms with Gasteiger partial charge in [0.25, 0.3) is 0 Å². The summed E-state index contributed by atoms with van der Waals surface area (Å²) >= 11 is 10.9. The molecule has 26 heavy (non-hydrogen) atoms. The smallest absolute Gasteiger partial charge is 0.326 e. The van der Waals surface area contributed by atoms with Crippen molar-refractivity contribution in [2.24, 2.45) is 0 Å². The Morgan fingerprint density at radius 1 is 1.15 bits per heavy atom. The number of nitro benzene ring substituents is 2. The summed E-state index contributed by atoms with van der Waals surface area (Å²) in [4.78, 5) is 26.2. The third kappa shape index (κ3) is 3.72. The fourth-order valence-electron chi connectivity index (χ4n) is 1.83. The molecule has 1 aromatic heterocycles. The minimum absolute atomic E-state index is 0.0155. The molecule has 2 aromatic rings. The van der Waals surface area contributed by atoms with Crippen LogP contribution >= 0.6 is 23.2 Å². The number of nitro groups is 2. The van der Waals surface area contributed by atoms with Crippen molar-refractivity contribution in [1.82, 2.24) is 9.97 Å². The first-order valence-electron chi connectivity index (χ1n) is 6.11. The van der Waals surface area contributed by atoms with Gasteiger partial charge >= 0.3 is 17.6 Å². The molecule has 0 fully saturated rings. The topological polar surface area (TPSA) is 124 Å². The van der Waals surface area contributed by atoms with Crippen LogP contribution in [0.1, 0.15) is 5.56 Å². The van der Waals surface area contributed by atoms with Crippen LogP contribution in [0.15, 0.2) is 12.3 Å². The molecule has 0 saturated heterocycles. The van der Waals surface area contributed by atoms with Crippen LogP contribution in [-0.2, 0) is 6.18 Å². The summed E-state index contributed by atoms with van der Waals surface area (Å²) in [7, 11) is 0. The average molecular weight is 416 g/mol. The first-order chi connectivity index (χ1) is 11.9. The van der Waals surface area contributed by atoms with Gasteiger partial charge in [-0.3, -0.25) is 20.2 Å². The molecule has 2 rings (SSSR count). The maximum Gasteiger partial charge on any atom is 0.418 e. The van der Waals surface area contributed by atoms with Crippen LogP contribution in [0.4, 0.5) is 40.4 Å². The lowest BCUT2D eigenvalue weighted by Gasteiger charge is -2.13. The summed E-state index contributed by atoms with van der Waals surface area (Å²) < 4.78 is 52.6. The van der Waals surface area contributed by atoms with E-state index in [0.29, 0.717) is 6.20 Å². The van der Waals surface area contributed by atoms with E-state index in [1.54, 1.807) is 0 Å². The van der Waals surface area contributed by atoms with Gasteiger partial charge in [0, 0.05) is 6.07 Å². The van der Waals surface area contributed by atoms with E-state index in [9.17, 15) is 37.8 Å². The highest BCUT2D eigenvalue weighted by molar-refractivity contribution is 6.34. The maximum absolute atomic E-state index is 13.7. The van der Waals surface area contributed by atoms with Crippen molar-refractivity contribution < 1.29 is 27.4 Å². The highest BCUT2D eigenvalue weighted by atomic mass is 35.5. The largest absolute Gasteiger partial charge is 0.418 e. The molecule has 0 radical (unpaired) electrons. The Hall–Kier alpha value is -2.80. The molecule has 0 aliphatic rings. The van der Waals surface area contributed by atoms with Gasteiger partial charge in [0.1, 0.15) is 5.02 Å². The van der Waals surface area contributed by atoms with Crippen LogP contribution in [-0.4, -0.2) is 19.8 Å². The molecule has 0 aliphatic carbocycles. The van der Waals surface area contributed by atoms with Crippen LogP contribution in [0.25, 0.3) is 0 Å². The number of benzene rings is 1. The first kappa shape index (κ1) is 19.5. The molecule has 1 aromatic carbocycles. The number of nitrogens with one attached hydrogen (secondary N) is 1. The number of alkyl halides is 3. The fraction of sp³-hybridized carbons (Fsp3) is 0.0909. The van der Waals surface area contributed by atoms with E-state index in [1.165, 1.54) is 0 Å². The fourth-order valence-corrected chi connectivity index (χ4v) is 2.29. The van der Waals surface area contributed by atoms with Crippen molar-refractivity contribution in [3.63, 3.8) is 0 Å². The van der Waals surface area contributed by atoms with Gasteiger partial charge in [0.2, 0.25) is 5.28 Å². The number of hydrogen-bond donors (Lipinski definition) is 1. The number of aromatic nitrogens is 2. The van der Waals surface area contributed by atoms with Crippen molar-refractivity contribution in [2.75, 3.05) is 5.32 Å². The molecule has 0 saturated carbocycles. The average Bonchev–Trinajstić information content (AvgIpc) is 2.49. The molecular weight excluding hydrogens is 413 g/mol. The molecule has 0 amide bonds. The molecule has 1 N–H and O–H groups in total. The Kier molecular flexibility index (Phi) is 5.13. The van der Waals surface area contributed by atoms with Crippen LogP contribution in [0.5, 0.6) is 0 Å². The van der Waals surface area contributed by atoms with Gasteiger partial charge in [-0.1, -0.05) is 11.6 Å². The highest BCUT2D eigenvalue weighted by Gasteiger charge is 2.42. The van der Waals surface area contributed by atoms with Gasteiger partial charge in [-0.2, -0.15) is 18.2 Å². The Bertz CT molecular complexity index is 924. The summed E-state index contributed by atoms with van der Waals surface area (Å²) in [5.74, 6) is -2.07. The standard InChI is InChI=1S/C11H3Cl2F4N5O4/c12-6-3(11(15,16)17)1-5(21(23)24)7(8(6)22(25)26)19-9-4(14)2-18-10(13)20-9/h1-2H,(H,18,19,20). The predicted octanol–water partition coefficient (Wildman–Crippen LogP) is 4.50. The van der Waals surface area contributed by atoms with Gasteiger partial charge in [-0.05, 0) is 11.6 Å². The molecular formula is C11H3Cl2F4N5O4. The molecule has 1 heterocycles. The summed E-state index contributed by atoms with van der Waals surface area (Å²) in [6.45, 7) is 0. The van der Waals surface area contributed by atoms with Gasteiger partial charge in [0.15, 0.2) is 17.3 Å². The summed E-state index contributed by atoms with van der Waals surface area (Å²) in [6.07, 6.45) is -4.67. The quantitative estimate of drug-likeness (QED) is 0.337. The van der Waals surface area contributed by atoms with Crippen LogP contribution < -0.4 is 5.32 Å². The Morgan fingerprint density at radius 3 is 2.27 bits per heavy atom. The van der Waals surface area contributed by atoms with E-state index in [-0.39, 0.29) is 6.07 Å². The van der Waals surface area contributed by atoms with Crippen LogP contribution in [0.3, 0.4) is 0 Å². The van der Waals surface area contributed by atoms with Crippen molar-refractivity contribution in [1.29, 1.82) is 0 Å². The van der Waals surface area contributed by atoms with E-state index in [0.717, 1.165) is 0 Å². The van der Waals surface area contributed by atoms with Gasteiger partial charge in [-0.25, -0.2) is 9.37 Å². The minimum atomic E-state index is -5.21. The lowest BCUT2D eigenvalue weighted by atomic mass is 10.1. The third-order valence-electron chi connectivity index (χ3n) is 2.86. The minimum Gasteiger partial charge on any atom is -0.326 e. The summed E-state index contributed by atoms with van der Waals surface area (Å²) in [5, 5.41) is 22.2. The molecule has 0 spiro atoms. The first-order valence-corrected chi connectivity index (χ1v) is 6.86. The summed E-state index contributed by atoms with van der Waals surface area (Å²) in [5.41, 5.74) is -5.76. The van der Waals surface area contributed by atoms with Gasteiger partial charge in [0.05, 0.1) is 21.6 Å². The molecule has 9 nitrogen and oxygen atoms in total. The number of halogens is 6. The third-order valence-corrected chi connectivity index (χ3v) is 3.43. The van der Waals surface area contributed by atoms with Gasteiger partial charge in [-0.15, -0.1) is 0 Å².